The molecule has 2 aromatic heterocycles. The summed E-state index contributed by atoms with van der Waals surface area (Å²) in [7, 11) is 1.71. The maximum atomic E-state index is 5.36. The van der Waals surface area contributed by atoms with Crippen molar-refractivity contribution in [2.75, 3.05) is 12.4 Å². The highest BCUT2D eigenvalue weighted by molar-refractivity contribution is 5.80. The van der Waals surface area contributed by atoms with Gasteiger partial charge < -0.3 is 15.0 Å². The van der Waals surface area contributed by atoms with Crippen LogP contribution in [0.4, 0.5) is 5.82 Å². The van der Waals surface area contributed by atoms with Crippen LogP contribution in [0.3, 0.4) is 0 Å². The van der Waals surface area contributed by atoms with Crippen LogP contribution < -0.4 is 10.1 Å². The standard InChI is InChI=1S/C18H19N3O/c1-22-15-4-5-16(12-2-3-12)14(8-15)10-20-18-9-13-6-7-19-17(13)11-21-18/h4-9,11-12,19H,2-3,10H2,1H3,(H,20,21). The Morgan fingerprint density at radius 3 is 3.00 bits per heavy atom. The minimum absolute atomic E-state index is 0.725. The van der Waals surface area contributed by atoms with E-state index < -0.39 is 0 Å². The number of nitrogens with one attached hydrogen (secondary N) is 2. The van der Waals surface area contributed by atoms with Gasteiger partial charge in [-0.15, -0.1) is 0 Å². The van der Waals surface area contributed by atoms with Crippen LogP contribution in [0.1, 0.15) is 29.9 Å². The number of benzene rings is 1. The van der Waals surface area contributed by atoms with E-state index in [0.29, 0.717) is 0 Å². The molecule has 0 amide bonds. The lowest BCUT2D eigenvalue weighted by atomic mass is 10.0. The predicted molar refractivity (Wildman–Crippen MR) is 88.4 cm³/mol. The molecule has 1 saturated carbocycles. The summed E-state index contributed by atoms with van der Waals surface area (Å²) in [6.07, 6.45) is 6.40. The minimum atomic E-state index is 0.725. The molecule has 2 N–H and O–H groups in total. The highest BCUT2D eigenvalue weighted by Crippen LogP contribution is 2.42. The molecule has 0 radical (unpaired) electrons. The summed E-state index contributed by atoms with van der Waals surface area (Å²) in [4.78, 5) is 7.61. The zero-order chi connectivity index (χ0) is 14.9. The van der Waals surface area contributed by atoms with Gasteiger partial charge in [0.05, 0.1) is 18.8 Å². The molecule has 3 aromatic rings. The third-order valence-electron chi connectivity index (χ3n) is 4.26. The third-order valence-corrected chi connectivity index (χ3v) is 4.26. The predicted octanol–water partition coefficient (Wildman–Crippen LogP) is 4.06. The first-order valence-corrected chi connectivity index (χ1v) is 7.67. The second kappa shape index (κ2) is 5.37. The molecule has 1 aromatic carbocycles. The van der Waals surface area contributed by atoms with E-state index in [9.17, 15) is 0 Å². The maximum Gasteiger partial charge on any atom is 0.126 e. The Morgan fingerprint density at radius 1 is 1.27 bits per heavy atom. The highest BCUT2D eigenvalue weighted by atomic mass is 16.5. The lowest BCUT2D eigenvalue weighted by Crippen LogP contribution is -2.04. The van der Waals surface area contributed by atoms with Gasteiger partial charge in [-0.3, -0.25) is 0 Å². The van der Waals surface area contributed by atoms with Gasteiger partial charge in [0.25, 0.3) is 0 Å². The van der Waals surface area contributed by atoms with Crippen molar-refractivity contribution in [1.29, 1.82) is 0 Å². The van der Waals surface area contributed by atoms with E-state index >= 15 is 0 Å². The van der Waals surface area contributed by atoms with E-state index in [2.05, 4.69) is 45.6 Å². The quantitative estimate of drug-likeness (QED) is 0.746. The van der Waals surface area contributed by atoms with Gasteiger partial charge in [-0.25, -0.2) is 4.98 Å². The van der Waals surface area contributed by atoms with Crippen LogP contribution in [0.2, 0.25) is 0 Å². The van der Waals surface area contributed by atoms with Crippen molar-refractivity contribution >= 4 is 16.7 Å². The zero-order valence-electron chi connectivity index (χ0n) is 12.6. The first-order chi connectivity index (χ1) is 10.8. The number of rotatable bonds is 5. The number of aromatic nitrogens is 2. The molecule has 4 rings (SSSR count). The van der Waals surface area contributed by atoms with Crippen molar-refractivity contribution in [3.05, 3.63) is 53.9 Å². The Hall–Kier alpha value is -2.49. The van der Waals surface area contributed by atoms with Crippen LogP contribution in [-0.2, 0) is 6.54 Å². The molecule has 112 valence electrons. The van der Waals surface area contributed by atoms with Crippen LogP contribution in [-0.4, -0.2) is 17.1 Å². The Bertz CT molecular complexity index is 805. The number of aromatic amines is 1. The van der Waals surface area contributed by atoms with Crippen LogP contribution >= 0.6 is 0 Å². The number of fused-ring (bicyclic) bond motifs is 1. The molecule has 0 saturated heterocycles. The summed E-state index contributed by atoms with van der Waals surface area (Å²) in [5.41, 5.74) is 3.81. The molecule has 4 nitrogen and oxygen atoms in total. The molecule has 0 atom stereocenters. The van der Waals surface area contributed by atoms with Crippen molar-refractivity contribution < 1.29 is 4.74 Å². The highest BCUT2D eigenvalue weighted by Gasteiger charge is 2.26. The summed E-state index contributed by atoms with van der Waals surface area (Å²) < 4.78 is 5.36. The van der Waals surface area contributed by atoms with Gasteiger partial charge in [0.2, 0.25) is 0 Å². The van der Waals surface area contributed by atoms with Crippen LogP contribution in [0.5, 0.6) is 5.75 Å². The van der Waals surface area contributed by atoms with Gasteiger partial charge in [-0.05, 0) is 54.2 Å². The lowest BCUT2D eigenvalue weighted by molar-refractivity contribution is 0.414. The molecule has 1 aliphatic carbocycles. The van der Waals surface area contributed by atoms with Crippen molar-refractivity contribution in [1.82, 2.24) is 9.97 Å². The zero-order valence-corrected chi connectivity index (χ0v) is 12.6. The molecule has 2 heterocycles. The van der Waals surface area contributed by atoms with Crippen molar-refractivity contribution in [3.8, 4) is 5.75 Å². The summed E-state index contributed by atoms with van der Waals surface area (Å²) in [5, 5.41) is 4.61. The third kappa shape index (κ3) is 2.52. The summed E-state index contributed by atoms with van der Waals surface area (Å²) in [5.74, 6) is 2.54. The Labute approximate surface area is 129 Å². The number of hydrogen-bond acceptors (Lipinski definition) is 3. The topological polar surface area (TPSA) is 49.9 Å². The summed E-state index contributed by atoms with van der Waals surface area (Å²) in [6, 6.07) is 10.5. The Morgan fingerprint density at radius 2 is 2.18 bits per heavy atom. The van der Waals surface area contributed by atoms with E-state index in [1.807, 2.05) is 12.4 Å². The molecule has 1 aliphatic rings. The van der Waals surface area contributed by atoms with E-state index in [1.54, 1.807) is 7.11 Å². The van der Waals surface area contributed by atoms with E-state index in [-0.39, 0.29) is 0 Å². The normalized spacial score (nSPS) is 14.2. The number of anilines is 1. The molecule has 4 heteroatoms. The van der Waals surface area contributed by atoms with Gasteiger partial charge in [-0.2, -0.15) is 0 Å². The average Bonchev–Trinajstić information content (AvgIpc) is 3.29. The van der Waals surface area contributed by atoms with E-state index in [1.165, 1.54) is 29.4 Å². The Kier molecular flexibility index (Phi) is 3.22. The smallest absolute Gasteiger partial charge is 0.126 e. The van der Waals surface area contributed by atoms with Gasteiger partial charge in [0.1, 0.15) is 11.6 Å². The molecule has 0 bridgehead atoms. The van der Waals surface area contributed by atoms with Gasteiger partial charge in [-0.1, -0.05) is 6.07 Å². The number of methoxy groups -OCH3 is 1. The first kappa shape index (κ1) is 13.2. The number of H-pyrrole nitrogens is 1. The van der Waals surface area contributed by atoms with Crippen LogP contribution in [0.15, 0.2) is 42.7 Å². The molecule has 22 heavy (non-hydrogen) atoms. The van der Waals surface area contributed by atoms with Crippen LogP contribution in [0.25, 0.3) is 10.9 Å². The van der Waals surface area contributed by atoms with E-state index in [4.69, 9.17) is 4.74 Å². The monoisotopic (exact) mass is 293 g/mol. The maximum absolute atomic E-state index is 5.36. The molecule has 0 aliphatic heterocycles. The largest absolute Gasteiger partial charge is 0.497 e. The molecular formula is C18H19N3O. The van der Waals surface area contributed by atoms with Crippen molar-refractivity contribution in [2.24, 2.45) is 0 Å². The molecular weight excluding hydrogens is 274 g/mol. The fourth-order valence-electron chi connectivity index (χ4n) is 2.89. The fourth-order valence-corrected chi connectivity index (χ4v) is 2.89. The lowest BCUT2D eigenvalue weighted by Gasteiger charge is -2.12. The second-order valence-electron chi connectivity index (χ2n) is 5.83. The summed E-state index contributed by atoms with van der Waals surface area (Å²) in [6.45, 7) is 0.770. The first-order valence-electron chi connectivity index (χ1n) is 7.67. The number of ether oxygens (including phenoxy) is 1. The molecule has 1 fully saturated rings. The minimum Gasteiger partial charge on any atom is -0.497 e. The number of pyridine rings is 1. The van der Waals surface area contributed by atoms with Gasteiger partial charge >= 0.3 is 0 Å². The fraction of sp³-hybridized carbons (Fsp3) is 0.278. The van der Waals surface area contributed by atoms with Crippen molar-refractivity contribution in [2.45, 2.75) is 25.3 Å². The molecule has 0 unspecified atom stereocenters. The molecule has 0 spiro atoms. The number of nitrogens with zero attached hydrogens (tertiary/aromatic N) is 1. The van der Waals surface area contributed by atoms with Crippen molar-refractivity contribution in [3.63, 3.8) is 0 Å². The Balaban J connectivity index is 1.57. The van der Waals surface area contributed by atoms with Gasteiger partial charge in [0, 0.05) is 18.1 Å². The average molecular weight is 293 g/mol. The van der Waals surface area contributed by atoms with Crippen LogP contribution in [0, 0.1) is 0 Å². The summed E-state index contributed by atoms with van der Waals surface area (Å²) >= 11 is 0. The van der Waals surface area contributed by atoms with Gasteiger partial charge in [0.15, 0.2) is 0 Å². The van der Waals surface area contributed by atoms with E-state index in [0.717, 1.165) is 29.5 Å². The second-order valence-corrected chi connectivity index (χ2v) is 5.83. The number of hydrogen-bond donors (Lipinski definition) is 2. The SMILES string of the molecule is COc1ccc(C2CC2)c(CNc2cc3cc[nH]c3cn2)c1.